The summed E-state index contributed by atoms with van der Waals surface area (Å²) in [5, 5.41) is 3.43. The van der Waals surface area contributed by atoms with Gasteiger partial charge < -0.3 is 14.8 Å². The van der Waals surface area contributed by atoms with Gasteiger partial charge in [0.05, 0.1) is 18.8 Å². The Morgan fingerprint density at radius 2 is 1.87 bits per heavy atom. The second-order valence-corrected chi connectivity index (χ2v) is 3.80. The molecule has 0 aromatic carbocycles. The Balaban J connectivity index is 3.95. The fourth-order valence-corrected chi connectivity index (χ4v) is 1.68. The van der Waals surface area contributed by atoms with Crippen LogP contribution in [0.4, 0.5) is 0 Å². The van der Waals surface area contributed by atoms with Crippen molar-refractivity contribution in [2.75, 3.05) is 26.9 Å². The summed E-state index contributed by atoms with van der Waals surface area (Å²) in [7, 11) is 1.78. The zero-order valence-corrected chi connectivity index (χ0v) is 10.7. The van der Waals surface area contributed by atoms with E-state index >= 15 is 0 Å². The van der Waals surface area contributed by atoms with E-state index in [2.05, 4.69) is 26.1 Å². The van der Waals surface area contributed by atoms with E-state index in [1.54, 1.807) is 7.11 Å². The zero-order chi connectivity index (χ0) is 11.5. The normalized spacial score (nSPS) is 15.2. The summed E-state index contributed by atoms with van der Waals surface area (Å²) in [5.41, 5.74) is 0. The Labute approximate surface area is 94.5 Å². The Morgan fingerprint density at radius 3 is 2.33 bits per heavy atom. The molecule has 0 aromatic rings. The summed E-state index contributed by atoms with van der Waals surface area (Å²) in [5.74, 6) is 0. The highest BCUT2D eigenvalue weighted by Crippen LogP contribution is 2.07. The molecule has 0 aliphatic heterocycles. The van der Waals surface area contributed by atoms with Gasteiger partial charge in [0.1, 0.15) is 0 Å². The lowest BCUT2D eigenvalue weighted by Crippen LogP contribution is -2.44. The van der Waals surface area contributed by atoms with Crippen molar-refractivity contribution in [3.8, 4) is 0 Å². The summed E-state index contributed by atoms with van der Waals surface area (Å²) in [4.78, 5) is 0. The summed E-state index contributed by atoms with van der Waals surface area (Å²) in [6.07, 6.45) is 3.58. The topological polar surface area (TPSA) is 30.5 Å². The van der Waals surface area contributed by atoms with Crippen LogP contribution < -0.4 is 5.32 Å². The van der Waals surface area contributed by atoms with Gasteiger partial charge in [-0.25, -0.2) is 0 Å². The van der Waals surface area contributed by atoms with Gasteiger partial charge in [-0.15, -0.1) is 0 Å². The van der Waals surface area contributed by atoms with E-state index in [4.69, 9.17) is 9.47 Å². The van der Waals surface area contributed by atoms with Crippen LogP contribution in [-0.2, 0) is 9.47 Å². The van der Waals surface area contributed by atoms with E-state index in [0.29, 0.717) is 6.04 Å². The zero-order valence-electron chi connectivity index (χ0n) is 10.7. The van der Waals surface area contributed by atoms with E-state index < -0.39 is 0 Å². The quantitative estimate of drug-likeness (QED) is 0.569. The Kier molecular flexibility index (Phi) is 10.3. The number of rotatable bonds is 10. The van der Waals surface area contributed by atoms with Crippen LogP contribution >= 0.6 is 0 Å². The number of methoxy groups -OCH3 is 1. The van der Waals surface area contributed by atoms with Crippen molar-refractivity contribution in [3.63, 3.8) is 0 Å². The highest BCUT2D eigenvalue weighted by atomic mass is 16.5. The Hall–Kier alpha value is -0.120. The molecule has 0 rings (SSSR count). The molecule has 1 N–H and O–H groups in total. The molecule has 15 heavy (non-hydrogen) atoms. The maximum atomic E-state index is 5.58. The molecule has 0 saturated heterocycles. The summed E-state index contributed by atoms with van der Waals surface area (Å²) in [6.45, 7) is 8.98. The van der Waals surface area contributed by atoms with Crippen LogP contribution in [0.15, 0.2) is 0 Å². The van der Waals surface area contributed by atoms with Crippen molar-refractivity contribution >= 4 is 0 Å². The Morgan fingerprint density at radius 1 is 1.13 bits per heavy atom. The minimum atomic E-state index is 0.270. The van der Waals surface area contributed by atoms with Crippen LogP contribution in [0.5, 0.6) is 0 Å². The van der Waals surface area contributed by atoms with E-state index in [1.165, 1.54) is 0 Å². The molecule has 0 fully saturated rings. The molecule has 0 heterocycles. The first-order valence-corrected chi connectivity index (χ1v) is 6.13. The van der Waals surface area contributed by atoms with Gasteiger partial charge in [-0.2, -0.15) is 0 Å². The molecule has 0 aromatic heterocycles. The SMILES string of the molecule is CCCOCC(NCC)C(CCC)OC. The average Bonchev–Trinajstić information content (AvgIpc) is 2.25. The largest absolute Gasteiger partial charge is 0.380 e. The van der Waals surface area contributed by atoms with Crippen LogP contribution in [0.2, 0.25) is 0 Å². The van der Waals surface area contributed by atoms with E-state index in [9.17, 15) is 0 Å². The predicted molar refractivity (Wildman–Crippen MR) is 64.3 cm³/mol. The van der Waals surface area contributed by atoms with Gasteiger partial charge in [0.15, 0.2) is 0 Å². The van der Waals surface area contributed by atoms with Crippen molar-refractivity contribution in [3.05, 3.63) is 0 Å². The smallest absolute Gasteiger partial charge is 0.0746 e. The van der Waals surface area contributed by atoms with Crippen LogP contribution in [0, 0.1) is 0 Å². The molecule has 3 heteroatoms. The van der Waals surface area contributed by atoms with Gasteiger partial charge in [-0.05, 0) is 19.4 Å². The van der Waals surface area contributed by atoms with Crippen molar-refractivity contribution in [1.29, 1.82) is 0 Å². The fraction of sp³-hybridized carbons (Fsp3) is 1.00. The maximum Gasteiger partial charge on any atom is 0.0746 e. The van der Waals surface area contributed by atoms with E-state index in [-0.39, 0.29) is 6.10 Å². The molecule has 0 radical (unpaired) electrons. The first-order chi connectivity index (χ1) is 7.29. The third kappa shape index (κ3) is 6.88. The minimum Gasteiger partial charge on any atom is -0.380 e. The van der Waals surface area contributed by atoms with Gasteiger partial charge in [0, 0.05) is 13.7 Å². The summed E-state index contributed by atoms with van der Waals surface area (Å²) in [6, 6.07) is 0.325. The third-order valence-electron chi connectivity index (χ3n) is 2.44. The average molecular weight is 217 g/mol. The van der Waals surface area contributed by atoms with Gasteiger partial charge in [-0.3, -0.25) is 0 Å². The second kappa shape index (κ2) is 10.4. The highest BCUT2D eigenvalue weighted by Gasteiger charge is 2.19. The highest BCUT2D eigenvalue weighted by molar-refractivity contribution is 4.76. The molecule has 0 aliphatic rings. The molecular formula is C12H27NO2. The van der Waals surface area contributed by atoms with Crippen LogP contribution in [0.1, 0.15) is 40.0 Å². The Bertz CT molecular complexity index is 131. The molecular weight excluding hydrogens is 190 g/mol. The van der Waals surface area contributed by atoms with Crippen LogP contribution in [0.25, 0.3) is 0 Å². The van der Waals surface area contributed by atoms with Gasteiger partial charge in [0.2, 0.25) is 0 Å². The molecule has 0 amide bonds. The monoisotopic (exact) mass is 217 g/mol. The second-order valence-electron chi connectivity index (χ2n) is 3.80. The van der Waals surface area contributed by atoms with Gasteiger partial charge in [0.25, 0.3) is 0 Å². The van der Waals surface area contributed by atoms with Crippen molar-refractivity contribution in [1.82, 2.24) is 5.32 Å². The summed E-state index contributed by atoms with van der Waals surface area (Å²) < 4.78 is 11.1. The summed E-state index contributed by atoms with van der Waals surface area (Å²) >= 11 is 0. The molecule has 92 valence electrons. The lowest BCUT2D eigenvalue weighted by Gasteiger charge is -2.26. The van der Waals surface area contributed by atoms with Crippen molar-refractivity contribution in [2.45, 2.75) is 52.2 Å². The number of ether oxygens (including phenoxy) is 2. The number of nitrogens with one attached hydrogen (secondary N) is 1. The van der Waals surface area contributed by atoms with Gasteiger partial charge in [-0.1, -0.05) is 27.2 Å². The molecule has 0 bridgehead atoms. The van der Waals surface area contributed by atoms with E-state index in [1.807, 2.05) is 0 Å². The van der Waals surface area contributed by atoms with Gasteiger partial charge >= 0.3 is 0 Å². The standard InChI is InChI=1S/C12H27NO2/c1-5-8-12(14-4)11(13-7-3)10-15-9-6-2/h11-13H,5-10H2,1-4H3. The first-order valence-electron chi connectivity index (χ1n) is 6.13. The molecule has 2 atom stereocenters. The third-order valence-corrected chi connectivity index (χ3v) is 2.44. The van der Waals surface area contributed by atoms with E-state index in [0.717, 1.165) is 39.0 Å². The predicted octanol–water partition coefficient (Wildman–Crippen LogP) is 2.21. The molecule has 0 spiro atoms. The fourth-order valence-electron chi connectivity index (χ4n) is 1.68. The van der Waals surface area contributed by atoms with Crippen molar-refractivity contribution < 1.29 is 9.47 Å². The first kappa shape index (κ1) is 14.9. The number of likely N-dealkylation sites (N-methyl/N-ethyl adjacent to an activating group) is 1. The van der Waals surface area contributed by atoms with Crippen LogP contribution in [0.3, 0.4) is 0 Å². The lowest BCUT2D eigenvalue weighted by atomic mass is 10.1. The number of hydrogen-bond acceptors (Lipinski definition) is 3. The lowest BCUT2D eigenvalue weighted by molar-refractivity contribution is 0.0172. The van der Waals surface area contributed by atoms with Crippen molar-refractivity contribution in [2.24, 2.45) is 0 Å². The molecule has 0 aliphatic carbocycles. The molecule has 0 saturated carbocycles. The number of hydrogen-bond donors (Lipinski definition) is 1. The molecule has 3 nitrogen and oxygen atoms in total. The molecule has 2 unspecified atom stereocenters. The minimum absolute atomic E-state index is 0.270. The van der Waals surface area contributed by atoms with Crippen LogP contribution in [-0.4, -0.2) is 39.0 Å². The maximum absolute atomic E-state index is 5.58.